The molecule has 1 atom stereocenters. The highest BCUT2D eigenvalue weighted by atomic mass is 32.2. The highest BCUT2D eigenvalue weighted by molar-refractivity contribution is 8.00. The van der Waals surface area contributed by atoms with Gasteiger partial charge in [-0.1, -0.05) is 19.3 Å². The summed E-state index contributed by atoms with van der Waals surface area (Å²) in [4.78, 5) is 14.3. The Kier molecular flexibility index (Phi) is 3.97. The lowest BCUT2D eigenvalue weighted by atomic mass is 9.87. The number of carbonyl (C=O) groups excluding carboxylic acids is 1. The molecular weight excluding hydrogens is 282 g/mol. The van der Waals surface area contributed by atoms with Crippen LogP contribution in [0.2, 0.25) is 0 Å². The van der Waals surface area contributed by atoms with Gasteiger partial charge >= 0.3 is 0 Å². The van der Waals surface area contributed by atoms with Crippen molar-refractivity contribution in [3.8, 4) is 0 Å². The van der Waals surface area contributed by atoms with Crippen molar-refractivity contribution in [2.24, 2.45) is 0 Å². The molecule has 2 saturated heterocycles. The predicted octanol–water partition coefficient (Wildman–Crippen LogP) is 2.26. The third kappa shape index (κ3) is 2.96. The van der Waals surface area contributed by atoms with Crippen molar-refractivity contribution < 1.29 is 13.6 Å². The van der Waals surface area contributed by atoms with Crippen molar-refractivity contribution in [3.05, 3.63) is 0 Å². The minimum absolute atomic E-state index is 0.118. The van der Waals surface area contributed by atoms with Crippen LogP contribution in [0.4, 0.5) is 8.78 Å². The molecule has 0 bridgehead atoms. The molecular formula is C14H22F2N2OS. The lowest BCUT2D eigenvalue weighted by Crippen LogP contribution is -2.53. The molecule has 1 N–H and O–H groups in total. The maximum atomic E-state index is 13.2. The van der Waals surface area contributed by atoms with Gasteiger partial charge in [-0.05, 0) is 12.8 Å². The topological polar surface area (TPSA) is 32.3 Å². The van der Waals surface area contributed by atoms with Crippen LogP contribution in [0.15, 0.2) is 0 Å². The third-order valence-electron chi connectivity index (χ3n) is 4.73. The van der Waals surface area contributed by atoms with Gasteiger partial charge in [0.15, 0.2) is 0 Å². The second-order valence-electron chi connectivity index (χ2n) is 6.35. The highest BCUT2D eigenvalue weighted by Gasteiger charge is 2.46. The van der Waals surface area contributed by atoms with E-state index in [1.165, 1.54) is 19.3 Å². The second kappa shape index (κ2) is 5.44. The molecule has 1 saturated carbocycles. The van der Waals surface area contributed by atoms with E-state index < -0.39 is 12.0 Å². The van der Waals surface area contributed by atoms with Gasteiger partial charge in [-0.15, -0.1) is 0 Å². The molecule has 1 amide bonds. The van der Waals surface area contributed by atoms with E-state index in [9.17, 15) is 13.6 Å². The Hall–Kier alpha value is -0.360. The molecule has 3 aliphatic rings. The number of nitrogens with one attached hydrogen (secondary N) is 1. The molecule has 2 aliphatic heterocycles. The molecule has 6 heteroatoms. The molecule has 0 aromatic heterocycles. The maximum absolute atomic E-state index is 13.2. The monoisotopic (exact) mass is 304 g/mol. The SMILES string of the molecule is O=C(C1CC(F)(F)CN1)N1CCSC2(CCCCC2)C1. The van der Waals surface area contributed by atoms with E-state index in [-0.39, 0.29) is 23.6 Å². The fourth-order valence-electron chi connectivity index (χ4n) is 3.64. The van der Waals surface area contributed by atoms with Crippen molar-refractivity contribution in [1.29, 1.82) is 0 Å². The molecule has 3 fully saturated rings. The fraction of sp³-hybridized carbons (Fsp3) is 0.929. The van der Waals surface area contributed by atoms with Gasteiger partial charge in [0, 0.05) is 30.0 Å². The number of hydrogen-bond acceptors (Lipinski definition) is 3. The number of amides is 1. The summed E-state index contributed by atoms with van der Waals surface area (Å²) in [6.45, 7) is 1.09. The van der Waals surface area contributed by atoms with Crippen LogP contribution in [-0.4, -0.2) is 52.9 Å². The zero-order valence-corrected chi connectivity index (χ0v) is 12.5. The minimum Gasteiger partial charge on any atom is -0.339 e. The Morgan fingerprint density at radius 1 is 1.25 bits per heavy atom. The molecule has 0 aromatic carbocycles. The Bertz CT molecular complexity index is 380. The standard InChI is InChI=1S/C14H22F2N2OS/c15-14(16)8-11(17-9-14)12(19)18-6-7-20-13(10-18)4-2-1-3-5-13/h11,17H,1-10H2. The van der Waals surface area contributed by atoms with Crippen molar-refractivity contribution in [3.63, 3.8) is 0 Å². The predicted molar refractivity (Wildman–Crippen MR) is 76.2 cm³/mol. The van der Waals surface area contributed by atoms with E-state index in [2.05, 4.69) is 5.32 Å². The van der Waals surface area contributed by atoms with Gasteiger partial charge in [0.2, 0.25) is 5.91 Å². The molecule has 3 rings (SSSR count). The van der Waals surface area contributed by atoms with Gasteiger partial charge in [0.25, 0.3) is 5.92 Å². The Balaban J connectivity index is 1.63. The molecule has 0 aromatic rings. The van der Waals surface area contributed by atoms with Crippen LogP contribution in [0.5, 0.6) is 0 Å². The second-order valence-corrected chi connectivity index (χ2v) is 7.91. The lowest BCUT2D eigenvalue weighted by Gasteiger charge is -2.45. The van der Waals surface area contributed by atoms with Gasteiger partial charge in [-0.3, -0.25) is 10.1 Å². The first kappa shape index (κ1) is 14.6. The van der Waals surface area contributed by atoms with Crippen molar-refractivity contribution >= 4 is 17.7 Å². The Morgan fingerprint density at radius 3 is 2.65 bits per heavy atom. The quantitative estimate of drug-likeness (QED) is 0.806. The summed E-state index contributed by atoms with van der Waals surface area (Å²) in [7, 11) is 0. The van der Waals surface area contributed by atoms with Crippen LogP contribution in [0, 0.1) is 0 Å². The Labute approximate surface area is 122 Å². The molecule has 0 radical (unpaired) electrons. The number of alkyl halides is 2. The summed E-state index contributed by atoms with van der Waals surface area (Å²) in [5.41, 5.74) is 0. The summed E-state index contributed by atoms with van der Waals surface area (Å²) in [5, 5.41) is 2.69. The van der Waals surface area contributed by atoms with E-state index in [0.717, 1.165) is 25.1 Å². The average Bonchev–Trinajstić information content (AvgIpc) is 2.79. The maximum Gasteiger partial charge on any atom is 0.262 e. The van der Waals surface area contributed by atoms with Gasteiger partial charge in [0.1, 0.15) is 0 Å². The van der Waals surface area contributed by atoms with Gasteiger partial charge in [-0.25, -0.2) is 8.78 Å². The normalized spacial score (nSPS) is 32.5. The summed E-state index contributed by atoms with van der Waals surface area (Å²) >= 11 is 1.99. The van der Waals surface area contributed by atoms with Crippen LogP contribution >= 0.6 is 11.8 Å². The third-order valence-corrected chi connectivity index (χ3v) is 6.27. The molecule has 114 valence electrons. The summed E-state index contributed by atoms with van der Waals surface area (Å²) in [5.74, 6) is -1.91. The van der Waals surface area contributed by atoms with E-state index in [1.54, 1.807) is 0 Å². The van der Waals surface area contributed by atoms with Crippen LogP contribution in [0.25, 0.3) is 0 Å². The zero-order chi connectivity index (χ0) is 14.2. The molecule has 2 heterocycles. The van der Waals surface area contributed by atoms with Gasteiger partial charge < -0.3 is 4.90 Å². The average molecular weight is 304 g/mol. The first-order valence-corrected chi connectivity index (χ1v) is 8.52. The molecule has 1 aliphatic carbocycles. The minimum atomic E-state index is -2.73. The summed E-state index contributed by atoms with van der Waals surface area (Å²) < 4.78 is 26.7. The largest absolute Gasteiger partial charge is 0.339 e. The van der Waals surface area contributed by atoms with Crippen LogP contribution in [-0.2, 0) is 4.79 Å². The van der Waals surface area contributed by atoms with E-state index in [4.69, 9.17) is 0 Å². The fourth-order valence-corrected chi connectivity index (χ4v) is 5.21. The number of thioether (sulfide) groups is 1. The number of rotatable bonds is 1. The first-order valence-electron chi connectivity index (χ1n) is 7.54. The molecule has 1 unspecified atom stereocenters. The highest BCUT2D eigenvalue weighted by Crippen LogP contribution is 2.43. The summed E-state index contributed by atoms with van der Waals surface area (Å²) in [6.07, 6.45) is 5.73. The van der Waals surface area contributed by atoms with Gasteiger partial charge in [0.05, 0.1) is 12.6 Å². The zero-order valence-electron chi connectivity index (χ0n) is 11.7. The number of hydrogen-bond donors (Lipinski definition) is 1. The number of carbonyl (C=O) groups is 1. The smallest absolute Gasteiger partial charge is 0.262 e. The molecule has 3 nitrogen and oxygen atoms in total. The molecule has 20 heavy (non-hydrogen) atoms. The van der Waals surface area contributed by atoms with Crippen LogP contribution in [0.1, 0.15) is 38.5 Å². The summed E-state index contributed by atoms with van der Waals surface area (Å²) in [6, 6.07) is -0.686. The number of halogens is 2. The van der Waals surface area contributed by atoms with Crippen LogP contribution < -0.4 is 5.32 Å². The van der Waals surface area contributed by atoms with Crippen LogP contribution in [0.3, 0.4) is 0 Å². The van der Waals surface area contributed by atoms with Crippen molar-refractivity contribution in [2.45, 2.75) is 55.2 Å². The van der Waals surface area contributed by atoms with E-state index >= 15 is 0 Å². The molecule has 1 spiro atoms. The van der Waals surface area contributed by atoms with E-state index in [1.807, 2.05) is 16.7 Å². The van der Waals surface area contributed by atoms with E-state index in [0.29, 0.717) is 6.54 Å². The van der Waals surface area contributed by atoms with Crippen molar-refractivity contribution in [1.82, 2.24) is 10.2 Å². The van der Waals surface area contributed by atoms with Gasteiger partial charge in [-0.2, -0.15) is 11.8 Å². The Morgan fingerprint density at radius 2 is 2.00 bits per heavy atom. The lowest BCUT2D eigenvalue weighted by molar-refractivity contribution is -0.134. The first-order chi connectivity index (χ1) is 9.50. The van der Waals surface area contributed by atoms with Crippen molar-refractivity contribution in [2.75, 3.05) is 25.4 Å². The number of nitrogens with zero attached hydrogens (tertiary/aromatic N) is 1.